The van der Waals surface area contributed by atoms with Crippen molar-refractivity contribution in [1.82, 2.24) is 5.32 Å². The molecule has 1 unspecified atom stereocenters. The fraction of sp³-hybridized carbons (Fsp3) is 0.467. The lowest BCUT2D eigenvalue weighted by Gasteiger charge is -2.16. The van der Waals surface area contributed by atoms with Gasteiger partial charge in [-0.3, -0.25) is 9.59 Å². The highest BCUT2D eigenvalue weighted by atomic mass is 16.5. The number of ketones is 1. The van der Waals surface area contributed by atoms with Gasteiger partial charge in [-0.05, 0) is 44.2 Å². The maximum absolute atomic E-state index is 12.3. The van der Waals surface area contributed by atoms with Crippen LogP contribution < -0.4 is 10.1 Å². The molecule has 21 heavy (non-hydrogen) atoms. The molecule has 0 fully saturated rings. The molecule has 0 aliphatic carbocycles. The molecule has 0 amide bonds. The third-order valence-corrected chi connectivity index (χ3v) is 2.87. The number of Topliss-reactive ketones (excluding diaryl/α,β-unsaturated/α-hetero) is 1. The van der Waals surface area contributed by atoms with Crippen molar-refractivity contribution in [1.29, 1.82) is 0 Å². The molecular formula is C15H21NO5. The number of carboxylic acids is 1. The lowest BCUT2D eigenvalue weighted by Crippen LogP contribution is -2.39. The molecule has 1 aromatic carbocycles. The molecule has 3 N–H and O–H groups in total. The van der Waals surface area contributed by atoms with E-state index < -0.39 is 12.0 Å². The number of aliphatic carboxylic acids is 1. The Morgan fingerprint density at radius 1 is 1.29 bits per heavy atom. The molecule has 0 saturated carbocycles. The van der Waals surface area contributed by atoms with Crippen LogP contribution in [-0.2, 0) is 4.79 Å². The highest BCUT2D eigenvalue weighted by molar-refractivity contribution is 6.01. The standard InChI is InChI=1S/C15H21NO5/c1-2-21-12-6-4-11(5-7-12)15(20)13(10-14(18)19)16-8-3-9-17/h4-7,13,16-17H,2-3,8-10H2,1H3,(H,18,19). The Morgan fingerprint density at radius 2 is 1.95 bits per heavy atom. The number of aliphatic hydroxyl groups is 1. The van der Waals surface area contributed by atoms with Gasteiger partial charge in [0.05, 0.1) is 19.1 Å². The topological polar surface area (TPSA) is 95.9 Å². The van der Waals surface area contributed by atoms with E-state index in [0.29, 0.717) is 30.9 Å². The Morgan fingerprint density at radius 3 is 2.48 bits per heavy atom. The van der Waals surface area contributed by atoms with Crippen LogP contribution in [0.2, 0.25) is 0 Å². The average molecular weight is 295 g/mol. The van der Waals surface area contributed by atoms with Crippen molar-refractivity contribution in [3.63, 3.8) is 0 Å². The minimum absolute atomic E-state index is 0.00989. The summed E-state index contributed by atoms with van der Waals surface area (Å²) in [5.74, 6) is -0.661. The second-order valence-corrected chi connectivity index (χ2v) is 4.50. The molecule has 0 spiro atoms. The first-order valence-electron chi connectivity index (χ1n) is 6.91. The second kappa shape index (κ2) is 9.10. The number of hydrogen-bond acceptors (Lipinski definition) is 5. The van der Waals surface area contributed by atoms with E-state index in [0.717, 1.165) is 0 Å². The van der Waals surface area contributed by atoms with Crippen LogP contribution in [0.1, 0.15) is 30.1 Å². The quantitative estimate of drug-likeness (QED) is 0.441. The van der Waals surface area contributed by atoms with E-state index in [1.165, 1.54) is 0 Å². The van der Waals surface area contributed by atoms with E-state index in [-0.39, 0.29) is 18.8 Å². The molecule has 1 rings (SSSR count). The third kappa shape index (κ3) is 5.93. The molecule has 0 saturated heterocycles. The van der Waals surface area contributed by atoms with Crippen molar-refractivity contribution >= 4 is 11.8 Å². The maximum Gasteiger partial charge on any atom is 0.305 e. The van der Waals surface area contributed by atoms with Gasteiger partial charge in [-0.25, -0.2) is 0 Å². The number of carboxylic acid groups (broad SMARTS) is 1. The molecule has 0 aliphatic heterocycles. The van der Waals surface area contributed by atoms with Gasteiger partial charge in [-0.1, -0.05) is 0 Å². The molecule has 6 nitrogen and oxygen atoms in total. The van der Waals surface area contributed by atoms with Gasteiger partial charge in [0, 0.05) is 12.2 Å². The molecule has 0 aromatic heterocycles. The summed E-state index contributed by atoms with van der Waals surface area (Å²) in [4.78, 5) is 23.2. The molecule has 1 atom stereocenters. The SMILES string of the molecule is CCOc1ccc(C(=O)C(CC(=O)O)NCCCO)cc1. The highest BCUT2D eigenvalue weighted by Gasteiger charge is 2.22. The first kappa shape index (κ1) is 17.1. The maximum atomic E-state index is 12.3. The van der Waals surface area contributed by atoms with Gasteiger partial charge in [-0.15, -0.1) is 0 Å². The molecule has 6 heteroatoms. The predicted molar refractivity (Wildman–Crippen MR) is 77.7 cm³/mol. The van der Waals surface area contributed by atoms with E-state index in [1.807, 2.05) is 6.92 Å². The van der Waals surface area contributed by atoms with Gasteiger partial charge in [0.25, 0.3) is 0 Å². The summed E-state index contributed by atoms with van der Waals surface area (Å²) in [6, 6.07) is 5.81. The molecule has 0 bridgehead atoms. The Balaban J connectivity index is 2.75. The first-order valence-corrected chi connectivity index (χ1v) is 6.91. The summed E-state index contributed by atoms with van der Waals surface area (Å²) in [6.45, 7) is 2.78. The predicted octanol–water partition coefficient (Wildman–Crippen LogP) is 1.08. The zero-order valence-corrected chi connectivity index (χ0v) is 12.0. The summed E-state index contributed by atoms with van der Waals surface area (Å²) in [5, 5.41) is 20.5. The van der Waals surface area contributed by atoms with Gasteiger partial charge in [0.2, 0.25) is 0 Å². The molecular weight excluding hydrogens is 274 g/mol. The monoisotopic (exact) mass is 295 g/mol. The van der Waals surface area contributed by atoms with E-state index >= 15 is 0 Å². The fourth-order valence-electron chi connectivity index (χ4n) is 1.87. The minimum Gasteiger partial charge on any atom is -0.494 e. The Bertz CT molecular complexity index is 458. The van der Waals surface area contributed by atoms with Crippen molar-refractivity contribution in [2.45, 2.75) is 25.8 Å². The molecule has 0 radical (unpaired) electrons. The van der Waals surface area contributed by atoms with Crippen LogP contribution in [0.25, 0.3) is 0 Å². The van der Waals surface area contributed by atoms with Crippen molar-refractivity contribution in [3.8, 4) is 5.75 Å². The van der Waals surface area contributed by atoms with Gasteiger partial charge in [-0.2, -0.15) is 0 Å². The zero-order chi connectivity index (χ0) is 15.7. The third-order valence-electron chi connectivity index (χ3n) is 2.87. The van der Waals surface area contributed by atoms with Crippen LogP contribution in [0.4, 0.5) is 0 Å². The van der Waals surface area contributed by atoms with Gasteiger partial charge < -0.3 is 20.3 Å². The van der Waals surface area contributed by atoms with Crippen molar-refractivity contribution in [2.75, 3.05) is 19.8 Å². The van der Waals surface area contributed by atoms with E-state index in [4.69, 9.17) is 14.9 Å². The zero-order valence-electron chi connectivity index (χ0n) is 12.0. The Hall–Kier alpha value is -1.92. The second-order valence-electron chi connectivity index (χ2n) is 4.50. The number of carbonyl (C=O) groups is 2. The summed E-state index contributed by atoms with van der Waals surface area (Å²) in [5.41, 5.74) is 0.432. The molecule has 0 aliphatic rings. The number of benzene rings is 1. The lowest BCUT2D eigenvalue weighted by atomic mass is 10.0. The van der Waals surface area contributed by atoms with E-state index in [1.54, 1.807) is 24.3 Å². The van der Waals surface area contributed by atoms with E-state index in [2.05, 4.69) is 5.32 Å². The number of hydrogen-bond donors (Lipinski definition) is 3. The van der Waals surface area contributed by atoms with Gasteiger partial charge >= 0.3 is 5.97 Å². The number of nitrogens with one attached hydrogen (secondary N) is 1. The number of ether oxygens (including phenoxy) is 1. The molecule has 1 aromatic rings. The largest absolute Gasteiger partial charge is 0.494 e. The summed E-state index contributed by atoms with van der Waals surface area (Å²) >= 11 is 0. The number of rotatable bonds is 10. The average Bonchev–Trinajstić information content (AvgIpc) is 2.46. The fourth-order valence-corrected chi connectivity index (χ4v) is 1.87. The summed E-state index contributed by atoms with van der Waals surface area (Å²) in [6.07, 6.45) is 0.171. The number of carbonyl (C=O) groups excluding carboxylic acids is 1. The summed E-state index contributed by atoms with van der Waals surface area (Å²) in [7, 11) is 0. The van der Waals surface area contributed by atoms with Crippen LogP contribution in [0.3, 0.4) is 0 Å². The van der Waals surface area contributed by atoms with Crippen molar-refractivity contribution < 1.29 is 24.5 Å². The Kier molecular flexibility index (Phi) is 7.42. The minimum atomic E-state index is -1.05. The van der Waals surface area contributed by atoms with Gasteiger partial charge in [0.15, 0.2) is 5.78 Å². The molecule has 116 valence electrons. The van der Waals surface area contributed by atoms with Crippen LogP contribution in [-0.4, -0.2) is 47.8 Å². The normalized spacial score (nSPS) is 11.9. The van der Waals surface area contributed by atoms with Crippen LogP contribution >= 0.6 is 0 Å². The van der Waals surface area contributed by atoms with Gasteiger partial charge in [0.1, 0.15) is 5.75 Å². The summed E-state index contributed by atoms with van der Waals surface area (Å²) < 4.78 is 5.30. The van der Waals surface area contributed by atoms with Crippen molar-refractivity contribution in [2.24, 2.45) is 0 Å². The Labute approximate surface area is 123 Å². The van der Waals surface area contributed by atoms with E-state index in [9.17, 15) is 9.59 Å². The molecule has 0 heterocycles. The smallest absolute Gasteiger partial charge is 0.305 e. The first-order chi connectivity index (χ1) is 10.1. The highest BCUT2D eigenvalue weighted by Crippen LogP contribution is 2.14. The number of aliphatic hydroxyl groups excluding tert-OH is 1. The van der Waals surface area contributed by atoms with Crippen LogP contribution in [0.15, 0.2) is 24.3 Å². The van der Waals surface area contributed by atoms with Crippen LogP contribution in [0, 0.1) is 0 Å². The van der Waals surface area contributed by atoms with Crippen LogP contribution in [0.5, 0.6) is 5.75 Å². The lowest BCUT2D eigenvalue weighted by molar-refractivity contribution is -0.137. The van der Waals surface area contributed by atoms with Crippen molar-refractivity contribution in [3.05, 3.63) is 29.8 Å².